The molecule has 1 heterocycles. The predicted octanol–water partition coefficient (Wildman–Crippen LogP) is 7.07. The Kier molecular flexibility index (Phi) is 20.4. The van der Waals surface area contributed by atoms with Gasteiger partial charge in [-0.1, -0.05) is 35.6 Å². The number of hydrogen-bond donors (Lipinski definition) is 4. The average molecular weight is 979 g/mol. The molecule has 0 fully saturated rings. The Morgan fingerprint density at radius 3 is 2.09 bits per heavy atom. The lowest BCUT2D eigenvalue weighted by molar-refractivity contribution is -0.203. The van der Waals surface area contributed by atoms with Crippen LogP contribution in [0, 0.1) is 20.8 Å². The molecular weight excluding hydrogens is 924 g/mol. The molecule has 0 saturated carbocycles. The fraction of sp³-hybridized carbons (Fsp3) is 0.452. The van der Waals surface area contributed by atoms with Crippen LogP contribution in [0.1, 0.15) is 35.1 Å². The second kappa shape index (κ2) is 25.6. The van der Waals surface area contributed by atoms with Crippen LogP contribution in [0.2, 0.25) is 0 Å². The number of methoxy groups -OCH3 is 1. The first-order chi connectivity index (χ1) is 31.6. The van der Waals surface area contributed by atoms with Gasteiger partial charge in [0.05, 0.1) is 55.8 Å². The number of benzene rings is 4. The average Bonchev–Trinajstić information content (AvgIpc) is 3.73. The summed E-state index contributed by atoms with van der Waals surface area (Å²) in [5, 5.41) is 30.2. The number of Topliss-reactive ketones (excluding diaryl/α,β-unsaturated/α-hetero) is 1. The lowest BCUT2D eigenvalue weighted by Gasteiger charge is -2.17. The molecule has 21 nitrogen and oxygen atoms in total. The van der Waals surface area contributed by atoms with Crippen LogP contribution in [-0.4, -0.2) is 121 Å². The van der Waals surface area contributed by atoms with Crippen LogP contribution in [0.4, 0.5) is 17.1 Å². The number of azo groups is 1. The van der Waals surface area contributed by atoms with Gasteiger partial charge in [-0.05, 0) is 102 Å². The maximum absolute atomic E-state index is 13.0. The van der Waals surface area contributed by atoms with E-state index in [2.05, 4.69) is 20.6 Å². The number of fused-ring (bicyclic) bond motifs is 1. The number of hydrogen-bond acceptors (Lipinski definition) is 20. The Morgan fingerprint density at radius 1 is 0.833 bits per heavy atom. The maximum atomic E-state index is 13.0. The Hall–Kier alpha value is -4.43. The predicted molar refractivity (Wildman–Crippen MR) is 244 cm³/mol. The first-order valence-corrected chi connectivity index (χ1v) is 24.5. The van der Waals surface area contributed by atoms with Crippen LogP contribution in [0.25, 0.3) is 21.9 Å². The van der Waals surface area contributed by atoms with Crippen LogP contribution in [0.5, 0.6) is 5.75 Å². The summed E-state index contributed by atoms with van der Waals surface area (Å²) < 4.78 is 79.5. The SMILES string of the molecule is COCOCOCOCOCOCCOP(O)(=S)OCCOCN1CC(CCC(=O)Cc2ccc(-c3ccc(N=Nc4ccc5c(C)cc(S(=O)(=O)O)c(N)c5c4O)c(C)c3)cc2C)N=N1. The summed E-state index contributed by atoms with van der Waals surface area (Å²) in [7, 11) is -3.13. The number of aryl methyl sites for hydroxylation is 3. The minimum atomic E-state index is -4.63. The van der Waals surface area contributed by atoms with Gasteiger partial charge in [0.1, 0.15) is 36.7 Å². The molecule has 66 heavy (non-hydrogen) atoms. The highest BCUT2D eigenvalue weighted by molar-refractivity contribution is 8.07. The molecule has 0 amide bonds. The molecule has 0 aromatic heterocycles. The summed E-state index contributed by atoms with van der Waals surface area (Å²) in [4.78, 5) is 22.7. The van der Waals surface area contributed by atoms with Gasteiger partial charge in [0, 0.05) is 20.0 Å². The zero-order chi connectivity index (χ0) is 47.7. The van der Waals surface area contributed by atoms with E-state index in [-0.39, 0.29) is 108 Å². The van der Waals surface area contributed by atoms with Crippen LogP contribution in [-0.2, 0) is 75.3 Å². The Balaban J connectivity index is 0.975. The fourth-order valence-electron chi connectivity index (χ4n) is 6.54. The minimum Gasteiger partial charge on any atom is -0.505 e. The summed E-state index contributed by atoms with van der Waals surface area (Å²) in [6.45, 7) is 2.88. The van der Waals surface area contributed by atoms with Crippen molar-refractivity contribution in [1.82, 2.24) is 5.01 Å². The second-order valence-electron chi connectivity index (χ2n) is 14.9. The van der Waals surface area contributed by atoms with Crippen LogP contribution in [0.3, 0.4) is 0 Å². The number of ketones is 1. The molecule has 1 aliphatic rings. The van der Waals surface area contributed by atoms with Crippen molar-refractivity contribution in [3.05, 3.63) is 76.9 Å². The molecule has 5 N–H and O–H groups in total. The van der Waals surface area contributed by atoms with Crippen molar-refractivity contribution in [2.24, 2.45) is 20.6 Å². The van der Waals surface area contributed by atoms with E-state index in [4.69, 9.17) is 59.7 Å². The van der Waals surface area contributed by atoms with E-state index in [0.717, 1.165) is 27.8 Å². The first kappa shape index (κ1) is 52.5. The number of ether oxygens (including phenoxy) is 7. The molecule has 4 aromatic rings. The van der Waals surface area contributed by atoms with Gasteiger partial charge in [-0.2, -0.15) is 18.6 Å². The molecular formula is C42H55N6O15PS2. The number of nitrogens with two attached hydrogens (primary N) is 1. The van der Waals surface area contributed by atoms with Crippen LogP contribution < -0.4 is 5.73 Å². The minimum absolute atomic E-state index is 0.00175. The monoisotopic (exact) mass is 978 g/mol. The lowest BCUT2D eigenvalue weighted by atomic mass is 9.95. The third kappa shape index (κ3) is 16.1. The van der Waals surface area contributed by atoms with E-state index in [0.29, 0.717) is 36.0 Å². The normalized spacial score (nSPS) is 15.1. The number of rotatable bonds is 29. The number of aromatic hydroxyl groups is 1. The van der Waals surface area contributed by atoms with E-state index in [1.165, 1.54) is 13.2 Å². The van der Waals surface area contributed by atoms with E-state index in [1.807, 2.05) is 44.2 Å². The molecule has 0 saturated heterocycles. The van der Waals surface area contributed by atoms with Crippen molar-refractivity contribution >= 4 is 62.3 Å². The molecule has 4 aromatic carbocycles. The summed E-state index contributed by atoms with van der Waals surface area (Å²) >= 11 is 5.01. The van der Waals surface area contributed by atoms with Crippen molar-refractivity contribution in [2.45, 2.75) is 51.0 Å². The molecule has 0 radical (unpaired) electrons. The van der Waals surface area contributed by atoms with Gasteiger partial charge in [-0.25, -0.2) is 0 Å². The van der Waals surface area contributed by atoms with Gasteiger partial charge in [-0.3, -0.25) is 14.4 Å². The highest BCUT2D eigenvalue weighted by atomic mass is 32.5. The molecule has 1 aliphatic heterocycles. The van der Waals surface area contributed by atoms with E-state index < -0.39 is 21.7 Å². The third-order valence-corrected chi connectivity index (χ3v) is 12.4. The van der Waals surface area contributed by atoms with Gasteiger partial charge in [0.25, 0.3) is 10.1 Å². The zero-order valence-corrected chi connectivity index (χ0v) is 39.5. The molecule has 5 rings (SSSR count). The molecule has 2 atom stereocenters. The number of phenols is 1. The van der Waals surface area contributed by atoms with Gasteiger partial charge in [-0.15, -0.1) is 5.11 Å². The molecule has 0 bridgehead atoms. The molecule has 2 unspecified atom stereocenters. The Bertz CT molecular complexity index is 2500. The van der Waals surface area contributed by atoms with Gasteiger partial charge in [0.2, 0.25) is 0 Å². The Labute approximate surface area is 387 Å². The smallest absolute Gasteiger partial charge is 0.324 e. The van der Waals surface area contributed by atoms with Gasteiger partial charge in [0.15, 0.2) is 26.1 Å². The van der Waals surface area contributed by atoms with E-state index in [1.54, 1.807) is 30.1 Å². The zero-order valence-electron chi connectivity index (χ0n) is 37.0. The standard InChI is InChI=1S/C42H55N6O15PS2/c1-28-17-32(33-7-11-37(30(3)18-33)45-46-38-12-10-36-29(2)19-39(66(52,53)54)41(43)40(36)42(38)50)6-5-31(28)20-35(49)9-8-34-21-48(47-44-34)22-56-13-15-62-64(51,65)63-16-14-57-24-59-26-61-27-60-25-58-23-55-4/h5-7,10-12,17-19,34,50H,8-9,13-16,20-27,43H2,1-4H3,(H,51,65)(H,52,53,54). The van der Waals surface area contributed by atoms with Crippen molar-refractivity contribution in [3.63, 3.8) is 0 Å². The third-order valence-electron chi connectivity index (χ3n) is 9.86. The van der Waals surface area contributed by atoms with Crippen molar-refractivity contribution in [2.75, 3.05) is 86.5 Å². The van der Waals surface area contributed by atoms with Crippen LogP contribution >= 0.6 is 6.72 Å². The van der Waals surface area contributed by atoms with Gasteiger partial charge >= 0.3 is 6.72 Å². The second-order valence-corrected chi connectivity index (χ2v) is 19.1. The number of nitrogens with zero attached hydrogens (tertiary/aromatic N) is 5. The summed E-state index contributed by atoms with van der Waals surface area (Å²) in [5.41, 5.74) is 11.5. The highest BCUT2D eigenvalue weighted by Gasteiger charge is 2.23. The van der Waals surface area contributed by atoms with Crippen molar-refractivity contribution in [1.29, 1.82) is 0 Å². The molecule has 0 spiro atoms. The maximum Gasteiger partial charge on any atom is 0.324 e. The van der Waals surface area contributed by atoms with Crippen molar-refractivity contribution in [3.8, 4) is 16.9 Å². The summed E-state index contributed by atoms with van der Waals surface area (Å²) in [6.07, 6.45) is 1.17. The lowest BCUT2D eigenvalue weighted by Crippen LogP contribution is -2.25. The van der Waals surface area contributed by atoms with E-state index >= 15 is 0 Å². The largest absolute Gasteiger partial charge is 0.505 e. The first-order valence-electron chi connectivity index (χ1n) is 20.5. The molecule has 24 heteroatoms. The van der Waals surface area contributed by atoms with E-state index in [9.17, 15) is 27.8 Å². The number of carbonyl (C=O) groups excluding carboxylic acids is 1. The van der Waals surface area contributed by atoms with Gasteiger partial charge < -0.3 is 57.9 Å². The highest BCUT2D eigenvalue weighted by Crippen LogP contribution is 2.44. The number of anilines is 1. The fourth-order valence-corrected chi connectivity index (χ4v) is 8.38. The molecule has 360 valence electrons. The number of phenolic OH excluding ortho intramolecular Hbond substituents is 1. The topological polar surface area (TPSA) is 274 Å². The van der Waals surface area contributed by atoms with Crippen molar-refractivity contribution < 1.29 is 70.0 Å². The quantitative estimate of drug-likeness (QED) is 0.0106. The molecule has 0 aliphatic carbocycles. The summed E-state index contributed by atoms with van der Waals surface area (Å²) in [6, 6.07) is 15.9. The van der Waals surface area contributed by atoms with Crippen LogP contribution in [0.15, 0.2) is 80.1 Å². The number of nitrogen functional groups attached to an aromatic ring is 1. The Morgan fingerprint density at radius 2 is 1.44 bits per heavy atom. The number of carbonyl (C=O) groups is 1. The summed E-state index contributed by atoms with van der Waals surface area (Å²) in [5.74, 6) is -0.271.